The van der Waals surface area contributed by atoms with E-state index in [4.69, 9.17) is 9.26 Å². The molecule has 2 N–H and O–H groups in total. The Labute approximate surface area is 263 Å². The first-order chi connectivity index (χ1) is 21.5. The number of ether oxygens (including phenoxy) is 1. The molecule has 0 radical (unpaired) electrons. The van der Waals surface area contributed by atoms with Gasteiger partial charge in [0.2, 0.25) is 17.7 Å². The number of aryl methyl sites for hydroxylation is 1. The molecule has 10 heteroatoms. The van der Waals surface area contributed by atoms with Crippen LogP contribution in [0.3, 0.4) is 0 Å². The van der Waals surface area contributed by atoms with Crippen molar-refractivity contribution in [2.24, 2.45) is 5.92 Å². The van der Waals surface area contributed by atoms with Gasteiger partial charge in [-0.2, -0.15) is 4.98 Å². The summed E-state index contributed by atoms with van der Waals surface area (Å²) in [5, 5.41) is 12.2. The smallest absolute Gasteiger partial charge is 0.410 e. The van der Waals surface area contributed by atoms with Crippen LogP contribution in [0, 0.1) is 12.8 Å². The van der Waals surface area contributed by atoms with Crippen molar-refractivity contribution < 1.29 is 23.6 Å². The number of carbonyl (C=O) groups is 3. The normalized spacial score (nSPS) is 15.3. The van der Waals surface area contributed by atoms with Gasteiger partial charge in [-0.05, 0) is 62.4 Å². The standard InChI is InChI=1S/C35H41N5O5/c1-23-36-33(45-39-23)30(21-24-10-6-5-7-11-24)38-32(42)29(22-25-14-15-26-12-8-9-13-28(26)20-25)37-31(41)27-16-18-40(19-17-27)34(43)44-35(2,3)4/h5-15,20,27,29-30H,16-19,21-22H2,1-4H3,(H,37,41)(H,38,42)/t29?,30-/m1/s1. The van der Waals surface area contributed by atoms with E-state index in [1.165, 1.54) is 0 Å². The van der Waals surface area contributed by atoms with Gasteiger partial charge in [0.25, 0.3) is 0 Å². The van der Waals surface area contributed by atoms with E-state index < -0.39 is 17.7 Å². The lowest BCUT2D eigenvalue weighted by Crippen LogP contribution is -2.52. The van der Waals surface area contributed by atoms with Crippen LogP contribution < -0.4 is 10.6 Å². The molecule has 1 saturated heterocycles. The Morgan fingerprint density at radius 2 is 1.60 bits per heavy atom. The van der Waals surface area contributed by atoms with Crippen LogP contribution in [0.4, 0.5) is 4.79 Å². The van der Waals surface area contributed by atoms with Gasteiger partial charge in [0.1, 0.15) is 17.7 Å². The highest BCUT2D eigenvalue weighted by molar-refractivity contribution is 5.89. The van der Waals surface area contributed by atoms with E-state index in [0.29, 0.717) is 50.5 Å². The molecular weight excluding hydrogens is 570 g/mol. The zero-order chi connectivity index (χ0) is 32.0. The van der Waals surface area contributed by atoms with Crippen molar-refractivity contribution in [2.75, 3.05) is 13.1 Å². The number of carbonyl (C=O) groups excluding carboxylic acids is 3. The first-order valence-electron chi connectivity index (χ1n) is 15.4. The van der Waals surface area contributed by atoms with E-state index in [9.17, 15) is 14.4 Å². The van der Waals surface area contributed by atoms with Gasteiger partial charge in [0.15, 0.2) is 5.82 Å². The summed E-state index contributed by atoms with van der Waals surface area (Å²) in [4.78, 5) is 46.2. The van der Waals surface area contributed by atoms with Crippen molar-refractivity contribution in [1.29, 1.82) is 0 Å². The third-order valence-electron chi connectivity index (χ3n) is 7.84. The Morgan fingerprint density at radius 1 is 0.911 bits per heavy atom. The predicted octanol–water partition coefficient (Wildman–Crippen LogP) is 5.31. The minimum Gasteiger partial charge on any atom is -0.444 e. The lowest BCUT2D eigenvalue weighted by molar-refractivity contribution is -0.132. The van der Waals surface area contributed by atoms with Crippen molar-refractivity contribution in [3.05, 3.63) is 95.6 Å². The van der Waals surface area contributed by atoms with Gasteiger partial charge in [-0.1, -0.05) is 78.0 Å². The predicted molar refractivity (Wildman–Crippen MR) is 170 cm³/mol. The number of likely N-dealkylation sites (tertiary alicyclic amines) is 1. The highest BCUT2D eigenvalue weighted by atomic mass is 16.6. The Morgan fingerprint density at radius 3 is 2.27 bits per heavy atom. The second-order valence-electron chi connectivity index (χ2n) is 12.6. The van der Waals surface area contributed by atoms with Crippen molar-refractivity contribution >= 4 is 28.7 Å². The third-order valence-corrected chi connectivity index (χ3v) is 7.84. The van der Waals surface area contributed by atoms with Gasteiger partial charge in [-0.3, -0.25) is 9.59 Å². The first-order valence-corrected chi connectivity index (χ1v) is 15.4. The molecule has 1 aliphatic heterocycles. The van der Waals surface area contributed by atoms with Crippen LogP contribution in [0.15, 0.2) is 77.3 Å². The van der Waals surface area contributed by atoms with Gasteiger partial charge in [0.05, 0.1) is 0 Å². The molecule has 0 spiro atoms. The molecule has 0 bridgehead atoms. The molecule has 236 valence electrons. The summed E-state index contributed by atoms with van der Waals surface area (Å²) < 4.78 is 11.0. The van der Waals surface area contributed by atoms with Gasteiger partial charge in [0, 0.05) is 31.8 Å². The number of hydrogen-bond donors (Lipinski definition) is 2. The van der Waals surface area contributed by atoms with E-state index in [1.54, 1.807) is 11.8 Å². The molecular formula is C35H41N5O5. The molecule has 1 aliphatic rings. The van der Waals surface area contributed by atoms with Crippen molar-refractivity contribution in [3.63, 3.8) is 0 Å². The first kappa shape index (κ1) is 31.7. The average Bonchev–Trinajstić information content (AvgIpc) is 3.46. The van der Waals surface area contributed by atoms with E-state index in [-0.39, 0.29) is 23.8 Å². The quantitative estimate of drug-likeness (QED) is 0.263. The fraction of sp³-hybridized carbons (Fsp3) is 0.400. The molecule has 1 fully saturated rings. The van der Waals surface area contributed by atoms with Crippen molar-refractivity contribution in [3.8, 4) is 0 Å². The lowest BCUT2D eigenvalue weighted by atomic mass is 9.94. The number of fused-ring (bicyclic) bond motifs is 1. The van der Waals surface area contributed by atoms with Crippen molar-refractivity contribution in [1.82, 2.24) is 25.7 Å². The minimum atomic E-state index is -0.857. The highest BCUT2D eigenvalue weighted by Gasteiger charge is 2.33. The maximum atomic E-state index is 14.0. The number of piperidine rings is 1. The Balaban J connectivity index is 1.33. The molecule has 10 nitrogen and oxygen atoms in total. The van der Waals surface area contributed by atoms with Crippen LogP contribution in [-0.4, -0.2) is 57.7 Å². The molecule has 3 amide bonds. The molecule has 1 aromatic heterocycles. The number of rotatable bonds is 9. The van der Waals surface area contributed by atoms with Crippen LogP contribution in [0.5, 0.6) is 0 Å². The van der Waals surface area contributed by atoms with E-state index in [1.807, 2.05) is 93.6 Å². The SMILES string of the molecule is Cc1noc([C@@H](Cc2ccccc2)NC(=O)C(Cc2ccc3ccccc3c2)NC(=O)C2CCN(C(=O)OC(C)(C)C)CC2)n1. The third kappa shape index (κ3) is 8.68. The molecule has 0 saturated carbocycles. The highest BCUT2D eigenvalue weighted by Crippen LogP contribution is 2.22. The molecule has 4 aromatic rings. The van der Waals surface area contributed by atoms with Gasteiger partial charge in [-0.25, -0.2) is 4.79 Å². The summed E-state index contributed by atoms with van der Waals surface area (Å²) in [6.45, 7) is 8.03. The molecule has 5 rings (SSSR count). The topological polar surface area (TPSA) is 127 Å². The van der Waals surface area contributed by atoms with Gasteiger partial charge < -0.3 is 24.8 Å². The zero-order valence-corrected chi connectivity index (χ0v) is 26.3. The summed E-state index contributed by atoms with van der Waals surface area (Å²) >= 11 is 0. The molecule has 2 atom stereocenters. The maximum Gasteiger partial charge on any atom is 0.410 e. The number of nitrogens with one attached hydrogen (secondary N) is 2. The van der Waals surface area contributed by atoms with Crippen LogP contribution in [-0.2, 0) is 27.2 Å². The average molecular weight is 612 g/mol. The summed E-state index contributed by atoms with van der Waals surface area (Å²) in [5.74, 6) is -0.132. The fourth-order valence-electron chi connectivity index (χ4n) is 5.53. The Hall–Kier alpha value is -4.73. The Kier molecular flexibility index (Phi) is 9.80. The lowest BCUT2D eigenvalue weighted by Gasteiger charge is -2.33. The molecule has 0 aliphatic carbocycles. The monoisotopic (exact) mass is 611 g/mol. The van der Waals surface area contributed by atoms with E-state index in [2.05, 4.69) is 20.8 Å². The van der Waals surface area contributed by atoms with Crippen molar-refractivity contribution in [2.45, 2.75) is 71.1 Å². The number of nitrogens with zero attached hydrogens (tertiary/aromatic N) is 3. The van der Waals surface area contributed by atoms with Gasteiger partial charge >= 0.3 is 6.09 Å². The van der Waals surface area contributed by atoms with E-state index in [0.717, 1.165) is 21.9 Å². The van der Waals surface area contributed by atoms with Crippen LogP contribution in [0.2, 0.25) is 0 Å². The summed E-state index contributed by atoms with van der Waals surface area (Å²) in [5.41, 5.74) is 1.32. The summed E-state index contributed by atoms with van der Waals surface area (Å²) in [7, 11) is 0. The number of hydrogen-bond acceptors (Lipinski definition) is 7. The minimum absolute atomic E-state index is 0.215. The second kappa shape index (κ2) is 13.9. The van der Waals surface area contributed by atoms with Crippen LogP contribution in [0.25, 0.3) is 10.8 Å². The fourth-order valence-corrected chi connectivity index (χ4v) is 5.53. The number of amides is 3. The second-order valence-corrected chi connectivity index (χ2v) is 12.6. The van der Waals surface area contributed by atoms with Crippen LogP contribution in [0.1, 0.15) is 62.5 Å². The van der Waals surface area contributed by atoms with E-state index >= 15 is 0 Å². The summed E-state index contributed by atoms with van der Waals surface area (Å²) in [6, 6.07) is 22.4. The maximum absolute atomic E-state index is 14.0. The number of benzene rings is 3. The molecule has 45 heavy (non-hydrogen) atoms. The zero-order valence-electron chi connectivity index (χ0n) is 26.3. The largest absolute Gasteiger partial charge is 0.444 e. The molecule has 3 aromatic carbocycles. The Bertz CT molecular complexity index is 1620. The molecule has 1 unspecified atom stereocenters. The van der Waals surface area contributed by atoms with Gasteiger partial charge in [-0.15, -0.1) is 0 Å². The number of aromatic nitrogens is 2. The van der Waals surface area contributed by atoms with Crippen LogP contribution >= 0.6 is 0 Å². The molecule has 2 heterocycles. The summed E-state index contributed by atoms with van der Waals surface area (Å²) in [6.07, 6.45) is 1.31.